The first-order valence-electron chi connectivity index (χ1n) is 7.60. The van der Waals surface area contributed by atoms with Crippen LogP contribution in [-0.2, 0) is 9.84 Å². The van der Waals surface area contributed by atoms with E-state index in [0.717, 1.165) is 21.7 Å². The van der Waals surface area contributed by atoms with Crippen LogP contribution in [0.2, 0.25) is 0 Å². The van der Waals surface area contributed by atoms with Crippen molar-refractivity contribution in [2.45, 2.75) is 11.8 Å². The van der Waals surface area contributed by atoms with Crippen LogP contribution >= 0.6 is 11.3 Å². The number of hydrogen-bond donors (Lipinski definition) is 0. The van der Waals surface area contributed by atoms with Crippen LogP contribution < -0.4 is 4.84 Å². The number of hydrogen-bond acceptors (Lipinski definition) is 5. The smallest absolute Gasteiger partial charge is 0.175 e. The van der Waals surface area contributed by atoms with Gasteiger partial charge in [0.15, 0.2) is 15.6 Å². The molecule has 0 radical (unpaired) electrons. The molecule has 0 N–H and O–H groups in total. The zero-order valence-electron chi connectivity index (χ0n) is 13.8. The van der Waals surface area contributed by atoms with Crippen LogP contribution in [0.3, 0.4) is 0 Å². The molecule has 25 heavy (non-hydrogen) atoms. The van der Waals surface area contributed by atoms with Crippen molar-refractivity contribution in [3.8, 4) is 16.9 Å². The van der Waals surface area contributed by atoms with Crippen molar-refractivity contribution in [3.05, 3.63) is 70.9 Å². The molecule has 0 saturated heterocycles. The van der Waals surface area contributed by atoms with Crippen LogP contribution in [-0.4, -0.2) is 20.4 Å². The lowest BCUT2D eigenvalue weighted by molar-refractivity contribution is 0.341. The van der Waals surface area contributed by atoms with Crippen LogP contribution in [0.5, 0.6) is 5.75 Å². The quantitative estimate of drug-likeness (QED) is 0.486. The van der Waals surface area contributed by atoms with Crippen molar-refractivity contribution in [1.82, 2.24) is 0 Å². The topological polar surface area (TPSA) is 55.7 Å². The summed E-state index contributed by atoms with van der Waals surface area (Å²) in [5, 5.41) is 6.19. The third kappa shape index (κ3) is 4.15. The van der Waals surface area contributed by atoms with Crippen molar-refractivity contribution in [3.63, 3.8) is 0 Å². The Morgan fingerprint density at radius 1 is 1.00 bits per heavy atom. The van der Waals surface area contributed by atoms with Crippen molar-refractivity contribution in [2.24, 2.45) is 5.16 Å². The Labute approximate surface area is 151 Å². The summed E-state index contributed by atoms with van der Waals surface area (Å²) in [6, 6.07) is 18.3. The van der Waals surface area contributed by atoms with Crippen LogP contribution in [0.1, 0.15) is 11.8 Å². The van der Waals surface area contributed by atoms with E-state index in [2.05, 4.69) is 5.16 Å². The van der Waals surface area contributed by atoms with E-state index < -0.39 is 9.84 Å². The molecule has 6 heteroatoms. The summed E-state index contributed by atoms with van der Waals surface area (Å²) < 4.78 is 23.2. The average molecular weight is 371 g/mol. The van der Waals surface area contributed by atoms with Crippen LogP contribution in [0.15, 0.2) is 76.1 Å². The third-order valence-corrected chi connectivity index (χ3v) is 5.77. The molecule has 1 heterocycles. The Hall–Kier alpha value is -2.44. The monoisotopic (exact) mass is 371 g/mol. The summed E-state index contributed by atoms with van der Waals surface area (Å²) in [5.41, 5.74) is 2.71. The number of oxime groups is 1. The summed E-state index contributed by atoms with van der Waals surface area (Å²) >= 11 is 1.57. The first-order valence-corrected chi connectivity index (χ1v) is 10.4. The second-order valence-corrected chi connectivity index (χ2v) is 8.47. The van der Waals surface area contributed by atoms with Gasteiger partial charge >= 0.3 is 0 Å². The molecule has 128 valence electrons. The van der Waals surface area contributed by atoms with Gasteiger partial charge in [0.2, 0.25) is 0 Å². The number of thiophene rings is 1. The summed E-state index contributed by atoms with van der Waals surface area (Å²) in [6.07, 6.45) is 1.20. The lowest BCUT2D eigenvalue weighted by Crippen LogP contribution is -1.98. The zero-order chi connectivity index (χ0) is 17.9. The van der Waals surface area contributed by atoms with E-state index in [1.165, 1.54) is 6.26 Å². The molecule has 0 spiro atoms. The number of para-hydroxylation sites is 1. The van der Waals surface area contributed by atoms with Crippen molar-refractivity contribution in [1.29, 1.82) is 0 Å². The molecule has 0 bridgehead atoms. The summed E-state index contributed by atoms with van der Waals surface area (Å²) in [7, 11) is -3.20. The normalized spacial score (nSPS) is 12.2. The Morgan fingerprint density at radius 2 is 1.68 bits per heavy atom. The lowest BCUT2D eigenvalue weighted by atomic mass is 10.1. The van der Waals surface area contributed by atoms with Gasteiger partial charge in [-0.05, 0) is 48.2 Å². The molecule has 0 unspecified atom stereocenters. The van der Waals surface area contributed by atoms with Gasteiger partial charge in [-0.3, -0.25) is 0 Å². The van der Waals surface area contributed by atoms with Gasteiger partial charge < -0.3 is 4.84 Å². The third-order valence-electron chi connectivity index (χ3n) is 3.62. The molecule has 0 amide bonds. The summed E-state index contributed by atoms with van der Waals surface area (Å²) in [4.78, 5) is 6.76. The lowest BCUT2D eigenvalue weighted by Gasteiger charge is -2.06. The number of rotatable bonds is 5. The fraction of sp³-hybridized carbons (Fsp3) is 0.105. The van der Waals surface area contributed by atoms with Crippen LogP contribution in [0.4, 0.5) is 0 Å². The van der Waals surface area contributed by atoms with Gasteiger partial charge in [-0.1, -0.05) is 35.5 Å². The number of nitrogens with zero attached hydrogens (tertiary/aromatic N) is 1. The highest BCUT2D eigenvalue weighted by molar-refractivity contribution is 7.90. The summed E-state index contributed by atoms with van der Waals surface area (Å²) in [5.74, 6) is 0.678. The van der Waals surface area contributed by atoms with Crippen molar-refractivity contribution >= 4 is 26.9 Å². The second-order valence-electron chi connectivity index (χ2n) is 5.54. The predicted octanol–water partition coefficient (Wildman–Crippen LogP) is 4.62. The highest BCUT2D eigenvalue weighted by atomic mass is 32.2. The molecule has 1 aromatic heterocycles. The van der Waals surface area contributed by atoms with Gasteiger partial charge in [0, 0.05) is 11.8 Å². The second kappa shape index (κ2) is 7.21. The van der Waals surface area contributed by atoms with Crippen LogP contribution in [0.25, 0.3) is 11.1 Å². The van der Waals surface area contributed by atoms with Gasteiger partial charge in [0.25, 0.3) is 0 Å². The van der Waals surface area contributed by atoms with Gasteiger partial charge in [-0.25, -0.2) is 8.42 Å². The van der Waals surface area contributed by atoms with E-state index in [1.54, 1.807) is 23.5 Å². The maximum atomic E-state index is 11.6. The van der Waals surface area contributed by atoms with E-state index >= 15 is 0 Å². The van der Waals surface area contributed by atoms with Gasteiger partial charge in [0.1, 0.15) is 0 Å². The molecule has 3 aromatic rings. The van der Waals surface area contributed by atoms with Crippen molar-refractivity contribution < 1.29 is 13.3 Å². The fourth-order valence-corrected chi connectivity index (χ4v) is 3.83. The SMILES string of the molecule is C/C(=N\Oc1ccccc1)c1sccc1-c1ccc(S(C)(=O)=O)cc1. The van der Waals surface area contributed by atoms with Crippen LogP contribution in [0, 0.1) is 0 Å². The van der Waals surface area contributed by atoms with Gasteiger partial charge in [0.05, 0.1) is 15.5 Å². The highest BCUT2D eigenvalue weighted by Crippen LogP contribution is 2.30. The maximum Gasteiger partial charge on any atom is 0.175 e. The molecule has 0 aliphatic rings. The predicted molar refractivity (Wildman–Crippen MR) is 102 cm³/mol. The maximum absolute atomic E-state index is 11.6. The summed E-state index contributed by atoms with van der Waals surface area (Å²) in [6.45, 7) is 1.89. The highest BCUT2D eigenvalue weighted by Gasteiger charge is 2.12. The minimum absolute atomic E-state index is 0.311. The van der Waals surface area contributed by atoms with E-state index in [-0.39, 0.29) is 0 Å². The fourth-order valence-electron chi connectivity index (χ4n) is 2.34. The number of sulfone groups is 1. The first-order chi connectivity index (χ1) is 11.9. The zero-order valence-corrected chi connectivity index (χ0v) is 15.5. The molecule has 0 aliphatic carbocycles. The van der Waals surface area contributed by atoms with E-state index in [0.29, 0.717) is 10.6 Å². The average Bonchev–Trinajstić information content (AvgIpc) is 3.10. The Balaban J connectivity index is 1.87. The molecule has 0 atom stereocenters. The number of benzene rings is 2. The molecular weight excluding hydrogens is 354 g/mol. The largest absolute Gasteiger partial charge is 0.357 e. The van der Waals surface area contributed by atoms with Gasteiger partial charge in [-0.2, -0.15) is 0 Å². The standard InChI is InChI=1S/C19H17NO3S2/c1-14(20-23-16-6-4-3-5-7-16)19-18(12-13-24-19)15-8-10-17(11-9-15)25(2,21)22/h3-13H,1-2H3/b20-14+. The van der Waals surface area contributed by atoms with E-state index in [1.807, 2.05) is 60.8 Å². The Kier molecular flexibility index (Phi) is 5.01. The Bertz CT molecular complexity index is 989. The van der Waals surface area contributed by atoms with E-state index in [9.17, 15) is 8.42 Å². The molecular formula is C19H17NO3S2. The molecule has 3 rings (SSSR count). The van der Waals surface area contributed by atoms with Gasteiger partial charge in [-0.15, -0.1) is 11.3 Å². The molecule has 0 aliphatic heterocycles. The minimum Gasteiger partial charge on any atom is -0.357 e. The molecule has 0 saturated carbocycles. The molecule has 0 fully saturated rings. The molecule has 2 aromatic carbocycles. The van der Waals surface area contributed by atoms with E-state index in [4.69, 9.17) is 4.84 Å². The van der Waals surface area contributed by atoms with Crippen molar-refractivity contribution in [2.75, 3.05) is 6.26 Å². The minimum atomic E-state index is -3.20. The molecule has 4 nitrogen and oxygen atoms in total. The Morgan fingerprint density at radius 3 is 2.32 bits per heavy atom. The first kappa shape index (κ1) is 17.4.